The number of terminal acetylenes is 1. The Hall–Kier alpha value is -1.05. The van der Waals surface area contributed by atoms with Crippen molar-refractivity contribution in [3.63, 3.8) is 0 Å². The molecule has 0 aromatic heterocycles. The molecule has 0 saturated carbocycles. The summed E-state index contributed by atoms with van der Waals surface area (Å²) >= 11 is 0. The molecule has 5 N–H and O–H groups in total. The molecule has 0 amide bonds. The van der Waals surface area contributed by atoms with Crippen LogP contribution in [0.3, 0.4) is 0 Å². The molecule has 0 fully saturated rings. The molecule has 1 unspecified atom stereocenters. The Balaban J connectivity index is 4.16. The zero-order valence-electron chi connectivity index (χ0n) is 7.79. The second-order valence-corrected chi connectivity index (χ2v) is 3.30. The van der Waals surface area contributed by atoms with Gasteiger partial charge in [-0.25, -0.2) is 4.79 Å². The number of carboxylic acids is 1. The second-order valence-electron chi connectivity index (χ2n) is 3.30. The third kappa shape index (κ3) is 3.45. The van der Waals surface area contributed by atoms with Gasteiger partial charge in [0.05, 0.1) is 0 Å². The Kier molecular flexibility index (Phi) is 4.46. The van der Waals surface area contributed by atoms with E-state index < -0.39 is 11.5 Å². The number of rotatable bonds is 5. The maximum Gasteiger partial charge on any atom is 0.336 e. The van der Waals surface area contributed by atoms with Crippen molar-refractivity contribution in [2.24, 2.45) is 17.4 Å². The van der Waals surface area contributed by atoms with Gasteiger partial charge in [0.1, 0.15) is 0 Å². The first kappa shape index (κ1) is 11.9. The normalized spacial score (nSPS) is 17.1. The lowest BCUT2D eigenvalue weighted by Crippen LogP contribution is -2.46. The lowest BCUT2D eigenvalue weighted by Gasteiger charge is -2.19. The van der Waals surface area contributed by atoms with E-state index in [4.69, 9.17) is 23.0 Å². The third-order valence-corrected chi connectivity index (χ3v) is 2.07. The molecule has 0 radical (unpaired) electrons. The minimum Gasteiger partial charge on any atom is -0.479 e. The van der Waals surface area contributed by atoms with E-state index in [1.807, 2.05) is 6.92 Å². The van der Waals surface area contributed by atoms with Crippen LogP contribution in [0.4, 0.5) is 0 Å². The van der Waals surface area contributed by atoms with Crippen molar-refractivity contribution in [3.8, 4) is 12.3 Å². The first-order valence-corrected chi connectivity index (χ1v) is 4.16. The molecule has 0 rings (SSSR count). The molecule has 2 atom stereocenters. The van der Waals surface area contributed by atoms with Gasteiger partial charge in [-0.2, -0.15) is 0 Å². The quantitative estimate of drug-likeness (QED) is 0.515. The molecular formula is C9H16N2O2. The molecule has 0 bridgehead atoms. The fraction of sp³-hybridized carbons (Fsp3) is 0.667. The predicted molar refractivity (Wildman–Crippen MR) is 50.8 cm³/mol. The fourth-order valence-electron chi connectivity index (χ4n) is 0.833. The van der Waals surface area contributed by atoms with Crippen molar-refractivity contribution in [2.75, 3.05) is 6.54 Å². The van der Waals surface area contributed by atoms with Crippen LogP contribution < -0.4 is 11.5 Å². The molecule has 0 aliphatic carbocycles. The highest BCUT2D eigenvalue weighted by molar-refractivity contribution is 5.82. The Morgan fingerprint density at radius 1 is 1.77 bits per heavy atom. The van der Waals surface area contributed by atoms with Crippen LogP contribution in [0.1, 0.15) is 19.8 Å². The summed E-state index contributed by atoms with van der Waals surface area (Å²) in [4.78, 5) is 10.7. The van der Waals surface area contributed by atoms with E-state index >= 15 is 0 Å². The Labute approximate surface area is 78.3 Å². The lowest BCUT2D eigenvalue weighted by molar-refractivity contribution is -0.141. The number of hydrogen-bond donors (Lipinski definition) is 3. The van der Waals surface area contributed by atoms with Crippen LogP contribution in [0.2, 0.25) is 0 Å². The van der Waals surface area contributed by atoms with Gasteiger partial charge in [0, 0.05) is 0 Å². The topological polar surface area (TPSA) is 89.3 Å². The molecule has 0 aliphatic rings. The Bertz CT molecular complexity index is 222. The molecular weight excluding hydrogens is 168 g/mol. The fourth-order valence-corrected chi connectivity index (χ4v) is 0.833. The van der Waals surface area contributed by atoms with E-state index in [-0.39, 0.29) is 12.3 Å². The summed E-state index contributed by atoms with van der Waals surface area (Å²) in [6.45, 7) is 2.44. The van der Waals surface area contributed by atoms with Crippen molar-refractivity contribution in [2.45, 2.75) is 25.3 Å². The van der Waals surface area contributed by atoms with E-state index in [9.17, 15) is 4.79 Å². The van der Waals surface area contributed by atoms with Gasteiger partial charge in [-0.1, -0.05) is 12.8 Å². The number of aliphatic carboxylic acids is 1. The summed E-state index contributed by atoms with van der Waals surface area (Å²) in [6.07, 6.45) is 5.94. The Morgan fingerprint density at radius 3 is 2.62 bits per heavy atom. The summed E-state index contributed by atoms with van der Waals surface area (Å²) < 4.78 is 0. The van der Waals surface area contributed by atoms with E-state index in [1.54, 1.807) is 0 Å². The Morgan fingerprint density at radius 2 is 2.31 bits per heavy atom. The van der Waals surface area contributed by atoms with Crippen LogP contribution in [-0.4, -0.2) is 23.2 Å². The van der Waals surface area contributed by atoms with E-state index in [2.05, 4.69) is 5.92 Å². The SMILES string of the molecule is C#C[C@](N)(CCC(C)CN)C(=O)O. The average molecular weight is 184 g/mol. The molecule has 0 aromatic rings. The van der Waals surface area contributed by atoms with Crippen LogP contribution in [0, 0.1) is 18.3 Å². The zero-order valence-corrected chi connectivity index (χ0v) is 7.79. The molecule has 0 aromatic carbocycles. The second kappa shape index (κ2) is 4.85. The minimum absolute atomic E-state index is 0.246. The third-order valence-electron chi connectivity index (χ3n) is 2.07. The monoisotopic (exact) mass is 184 g/mol. The van der Waals surface area contributed by atoms with Crippen molar-refractivity contribution in [3.05, 3.63) is 0 Å². The highest BCUT2D eigenvalue weighted by Crippen LogP contribution is 2.13. The summed E-state index contributed by atoms with van der Waals surface area (Å²) in [5, 5.41) is 8.72. The number of carbonyl (C=O) groups is 1. The highest BCUT2D eigenvalue weighted by atomic mass is 16.4. The largest absolute Gasteiger partial charge is 0.479 e. The van der Waals surface area contributed by atoms with Crippen LogP contribution in [0.25, 0.3) is 0 Å². The van der Waals surface area contributed by atoms with Gasteiger partial charge < -0.3 is 16.6 Å². The van der Waals surface area contributed by atoms with Gasteiger partial charge >= 0.3 is 5.97 Å². The molecule has 0 aliphatic heterocycles. The molecule has 0 saturated heterocycles. The maximum atomic E-state index is 10.7. The highest BCUT2D eigenvalue weighted by Gasteiger charge is 2.31. The van der Waals surface area contributed by atoms with Crippen LogP contribution in [0.5, 0.6) is 0 Å². The smallest absolute Gasteiger partial charge is 0.336 e. The van der Waals surface area contributed by atoms with Gasteiger partial charge in [0.15, 0.2) is 5.54 Å². The van der Waals surface area contributed by atoms with Gasteiger partial charge in [-0.05, 0) is 25.3 Å². The average Bonchev–Trinajstić information content (AvgIpc) is 2.13. The zero-order chi connectivity index (χ0) is 10.5. The molecule has 0 spiro atoms. The van der Waals surface area contributed by atoms with Crippen molar-refractivity contribution >= 4 is 5.97 Å². The molecule has 0 heterocycles. The van der Waals surface area contributed by atoms with E-state index in [1.165, 1.54) is 0 Å². The number of carboxylic acid groups (broad SMARTS) is 1. The summed E-state index contributed by atoms with van der Waals surface area (Å²) in [5.74, 6) is 1.19. The van der Waals surface area contributed by atoms with Crippen molar-refractivity contribution < 1.29 is 9.90 Å². The standard InChI is InChI=1S/C9H16N2O2/c1-3-9(11,8(12)13)5-4-7(2)6-10/h1,7H,4-6,10-11H2,2H3,(H,12,13)/t7?,9-/m0/s1. The number of hydrogen-bond acceptors (Lipinski definition) is 3. The molecule has 13 heavy (non-hydrogen) atoms. The number of nitrogens with two attached hydrogens (primary N) is 2. The van der Waals surface area contributed by atoms with Gasteiger partial charge in [-0.3, -0.25) is 0 Å². The summed E-state index contributed by atoms with van der Waals surface area (Å²) in [7, 11) is 0. The first-order chi connectivity index (χ1) is 5.96. The van der Waals surface area contributed by atoms with E-state index in [0.29, 0.717) is 13.0 Å². The van der Waals surface area contributed by atoms with Gasteiger partial charge in [0.25, 0.3) is 0 Å². The molecule has 74 valence electrons. The van der Waals surface area contributed by atoms with Crippen LogP contribution >= 0.6 is 0 Å². The van der Waals surface area contributed by atoms with Gasteiger partial charge in [-0.15, -0.1) is 6.42 Å². The summed E-state index contributed by atoms with van der Waals surface area (Å²) in [5.41, 5.74) is 9.31. The lowest BCUT2D eigenvalue weighted by atomic mass is 9.91. The first-order valence-electron chi connectivity index (χ1n) is 4.16. The summed E-state index contributed by atoms with van der Waals surface area (Å²) in [6, 6.07) is 0. The van der Waals surface area contributed by atoms with Crippen molar-refractivity contribution in [1.82, 2.24) is 0 Å². The van der Waals surface area contributed by atoms with E-state index in [0.717, 1.165) is 0 Å². The van der Waals surface area contributed by atoms with Crippen LogP contribution in [0.15, 0.2) is 0 Å². The predicted octanol–water partition coefficient (Wildman–Crippen LogP) is -0.223. The molecule has 4 heteroatoms. The van der Waals surface area contributed by atoms with Crippen LogP contribution in [-0.2, 0) is 4.79 Å². The van der Waals surface area contributed by atoms with Gasteiger partial charge in [0.2, 0.25) is 0 Å². The minimum atomic E-state index is -1.54. The van der Waals surface area contributed by atoms with Crippen molar-refractivity contribution in [1.29, 1.82) is 0 Å². The molecule has 4 nitrogen and oxygen atoms in total. The maximum absolute atomic E-state index is 10.7.